The first-order valence-electron chi connectivity index (χ1n) is 7.44. The van der Waals surface area contributed by atoms with Crippen LogP contribution in [0.25, 0.3) is 0 Å². The third-order valence-corrected chi connectivity index (χ3v) is 5.21. The lowest BCUT2D eigenvalue weighted by Crippen LogP contribution is -2.30. The second-order valence-corrected chi connectivity index (χ2v) is 6.86. The van der Waals surface area contributed by atoms with Gasteiger partial charge in [-0.05, 0) is 37.6 Å². The number of thioether (sulfide) groups is 1. The smallest absolute Gasteiger partial charge is 0.416 e. The standard InChI is InChI=1S/C17H16F3NO2S/c1-10-9-14(11(2)23-10)15(22)21-7-8-24-16(21)12-3-5-13(6-4-12)17(18,19)20/h3-6,9,16H,7-8H2,1-2H3/t16-/m1/s1. The van der Waals surface area contributed by atoms with E-state index < -0.39 is 11.7 Å². The molecule has 1 fully saturated rings. The van der Waals surface area contributed by atoms with E-state index in [0.29, 0.717) is 29.2 Å². The fraction of sp³-hybridized carbons (Fsp3) is 0.353. The molecule has 0 bridgehead atoms. The summed E-state index contributed by atoms with van der Waals surface area (Å²) in [4.78, 5) is 14.4. The number of hydrogen-bond acceptors (Lipinski definition) is 3. The second kappa shape index (κ2) is 6.20. The van der Waals surface area contributed by atoms with Crippen molar-refractivity contribution in [3.8, 4) is 0 Å². The molecule has 0 aliphatic carbocycles. The summed E-state index contributed by atoms with van der Waals surface area (Å²) in [7, 11) is 0. The second-order valence-electron chi connectivity index (χ2n) is 5.67. The Morgan fingerprint density at radius 2 is 1.92 bits per heavy atom. The zero-order chi connectivity index (χ0) is 17.5. The SMILES string of the molecule is Cc1cc(C(=O)N2CCS[C@@H]2c2ccc(C(F)(F)F)cc2)c(C)o1. The van der Waals surface area contributed by atoms with Crippen molar-refractivity contribution in [1.29, 1.82) is 0 Å². The summed E-state index contributed by atoms with van der Waals surface area (Å²) in [6.07, 6.45) is -4.36. The van der Waals surface area contributed by atoms with Crippen molar-refractivity contribution in [2.45, 2.75) is 25.4 Å². The normalized spacial score (nSPS) is 18.2. The van der Waals surface area contributed by atoms with Gasteiger partial charge in [0.2, 0.25) is 0 Å². The van der Waals surface area contributed by atoms with Gasteiger partial charge < -0.3 is 9.32 Å². The molecule has 3 rings (SSSR count). The maximum Gasteiger partial charge on any atom is 0.416 e. The fourth-order valence-corrected chi connectivity index (χ4v) is 4.04. The molecule has 128 valence electrons. The van der Waals surface area contributed by atoms with Crippen LogP contribution in [0.4, 0.5) is 13.2 Å². The summed E-state index contributed by atoms with van der Waals surface area (Å²) in [6.45, 7) is 4.06. The average Bonchev–Trinajstić information content (AvgIpc) is 3.12. The van der Waals surface area contributed by atoms with Crippen molar-refractivity contribution in [1.82, 2.24) is 4.90 Å². The van der Waals surface area contributed by atoms with Crippen LogP contribution in [0.15, 0.2) is 34.7 Å². The lowest BCUT2D eigenvalue weighted by Gasteiger charge is -2.24. The van der Waals surface area contributed by atoms with E-state index in [1.54, 1.807) is 36.6 Å². The molecule has 2 heterocycles. The number of alkyl halides is 3. The number of furan rings is 1. The molecule has 1 aliphatic rings. The third kappa shape index (κ3) is 3.17. The van der Waals surface area contributed by atoms with Crippen LogP contribution < -0.4 is 0 Å². The molecule has 1 aliphatic heterocycles. The number of halogens is 3. The minimum atomic E-state index is -4.36. The van der Waals surface area contributed by atoms with Gasteiger partial charge in [-0.25, -0.2) is 0 Å². The highest BCUT2D eigenvalue weighted by molar-refractivity contribution is 7.99. The third-order valence-electron chi connectivity index (χ3n) is 3.95. The Morgan fingerprint density at radius 1 is 1.25 bits per heavy atom. The fourth-order valence-electron chi connectivity index (χ4n) is 2.79. The summed E-state index contributed by atoms with van der Waals surface area (Å²) in [6, 6.07) is 6.71. The van der Waals surface area contributed by atoms with Gasteiger partial charge in [-0.15, -0.1) is 11.8 Å². The van der Waals surface area contributed by atoms with Gasteiger partial charge in [0.05, 0.1) is 11.1 Å². The molecule has 1 aromatic carbocycles. The van der Waals surface area contributed by atoms with Gasteiger partial charge in [0.1, 0.15) is 16.9 Å². The van der Waals surface area contributed by atoms with E-state index in [0.717, 1.165) is 17.9 Å². The molecule has 0 spiro atoms. The topological polar surface area (TPSA) is 33.5 Å². The quantitative estimate of drug-likeness (QED) is 0.776. The molecule has 24 heavy (non-hydrogen) atoms. The van der Waals surface area contributed by atoms with Gasteiger partial charge >= 0.3 is 6.18 Å². The minimum absolute atomic E-state index is 0.153. The molecule has 2 aromatic rings. The summed E-state index contributed by atoms with van der Waals surface area (Å²) < 4.78 is 43.5. The van der Waals surface area contributed by atoms with Crippen LogP contribution in [-0.4, -0.2) is 23.1 Å². The molecule has 7 heteroatoms. The molecule has 0 N–H and O–H groups in total. The average molecular weight is 355 g/mol. The van der Waals surface area contributed by atoms with Crippen LogP contribution >= 0.6 is 11.8 Å². The Labute approximate surface area is 141 Å². The Hall–Kier alpha value is -1.89. The molecule has 0 unspecified atom stereocenters. The molecule has 0 saturated carbocycles. The molecule has 3 nitrogen and oxygen atoms in total. The van der Waals surface area contributed by atoms with Crippen molar-refractivity contribution in [2.24, 2.45) is 0 Å². The Kier molecular flexibility index (Phi) is 4.38. The van der Waals surface area contributed by atoms with E-state index in [1.165, 1.54) is 12.1 Å². The van der Waals surface area contributed by atoms with Crippen LogP contribution in [0.1, 0.15) is 38.4 Å². The zero-order valence-electron chi connectivity index (χ0n) is 13.2. The lowest BCUT2D eigenvalue weighted by molar-refractivity contribution is -0.137. The highest BCUT2D eigenvalue weighted by Crippen LogP contribution is 2.40. The summed E-state index contributed by atoms with van der Waals surface area (Å²) in [5.41, 5.74) is 0.511. The van der Waals surface area contributed by atoms with Crippen molar-refractivity contribution < 1.29 is 22.4 Å². The monoisotopic (exact) mass is 355 g/mol. The Morgan fingerprint density at radius 3 is 2.46 bits per heavy atom. The number of nitrogens with zero attached hydrogens (tertiary/aromatic N) is 1. The van der Waals surface area contributed by atoms with E-state index in [-0.39, 0.29) is 11.3 Å². The van der Waals surface area contributed by atoms with Gasteiger partial charge in [-0.3, -0.25) is 4.79 Å². The number of benzene rings is 1. The van der Waals surface area contributed by atoms with Crippen LogP contribution in [0.3, 0.4) is 0 Å². The van der Waals surface area contributed by atoms with Crippen LogP contribution in [0.5, 0.6) is 0 Å². The first-order valence-corrected chi connectivity index (χ1v) is 8.49. The van der Waals surface area contributed by atoms with Gasteiger partial charge in [0.25, 0.3) is 5.91 Å². The van der Waals surface area contributed by atoms with Gasteiger partial charge in [-0.2, -0.15) is 13.2 Å². The molecular formula is C17H16F3NO2S. The van der Waals surface area contributed by atoms with Gasteiger partial charge in [-0.1, -0.05) is 12.1 Å². The first-order chi connectivity index (χ1) is 11.3. The Bertz CT molecular complexity index is 752. The summed E-state index contributed by atoms with van der Waals surface area (Å²) in [5.74, 6) is 1.81. The van der Waals surface area contributed by atoms with Crippen LogP contribution in [0.2, 0.25) is 0 Å². The van der Waals surface area contributed by atoms with Crippen LogP contribution in [-0.2, 0) is 6.18 Å². The van der Waals surface area contributed by atoms with E-state index in [2.05, 4.69) is 0 Å². The molecule has 1 atom stereocenters. The molecular weight excluding hydrogens is 339 g/mol. The van der Waals surface area contributed by atoms with E-state index in [9.17, 15) is 18.0 Å². The maximum absolute atomic E-state index is 12.8. The summed E-state index contributed by atoms with van der Waals surface area (Å²) >= 11 is 1.55. The largest absolute Gasteiger partial charge is 0.466 e. The number of rotatable bonds is 2. The maximum atomic E-state index is 12.8. The molecule has 1 saturated heterocycles. The van der Waals surface area contributed by atoms with Crippen molar-refractivity contribution >= 4 is 17.7 Å². The summed E-state index contributed by atoms with van der Waals surface area (Å²) in [5, 5.41) is -0.283. The predicted molar refractivity (Wildman–Crippen MR) is 85.9 cm³/mol. The molecule has 1 amide bonds. The lowest BCUT2D eigenvalue weighted by atomic mass is 10.1. The number of hydrogen-bond donors (Lipinski definition) is 0. The predicted octanol–water partition coefficient (Wildman–Crippen LogP) is 4.80. The van der Waals surface area contributed by atoms with Crippen LogP contribution in [0, 0.1) is 13.8 Å². The first kappa shape index (κ1) is 17.0. The van der Waals surface area contributed by atoms with E-state index in [1.807, 2.05) is 0 Å². The van der Waals surface area contributed by atoms with Crippen molar-refractivity contribution in [3.05, 3.63) is 58.5 Å². The highest BCUT2D eigenvalue weighted by Gasteiger charge is 2.34. The van der Waals surface area contributed by atoms with Crippen molar-refractivity contribution in [2.75, 3.05) is 12.3 Å². The highest BCUT2D eigenvalue weighted by atomic mass is 32.2. The molecule has 1 aromatic heterocycles. The Balaban J connectivity index is 1.85. The van der Waals surface area contributed by atoms with E-state index >= 15 is 0 Å². The zero-order valence-corrected chi connectivity index (χ0v) is 14.0. The van der Waals surface area contributed by atoms with Gasteiger partial charge in [0, 0.05) is 12.3 Å². The number of carbonyl (C=O) groups excluding carboxylic acids is 1. The molecule has 0 radical (unpaired) electrons. The number of carbonyl (C=O) groups is 1. The van der Waals surface area contributed by atoms with E-state index in [4.69, 9.17) is 4.42 Å². The number of aryl methyl sites for hydroxylation is 2. The minimum Gasteiger partial charge on any atom is -0.466 e. The van der Waals surface area contributed by atoms with Gasteiger partial charge in [0.15, 0.2) is 0 Å². The number of amides is 1. The van der Waals surface area contributed by atoms with Crippen molar-refractivity contribution in [3.63, 3.8) is 0 Å².